The van der Waals surface area contributed by atoms with Gasteiger partial charge in [-0.2, -0.15) is 0 Å². The third-order valence-corrected chi connectivity index (χ3v) is 1.58. The highest BCUT2D eigenvalue weighted by Gasteiger charge is 2.13. The van der Waals surface area contributed by atoms with Crippen LogP contribution in [0, 0.1) is 5.92 Å². The zero-order valence-corrected chi connectivity index (χ0v) is 6.96. The fraction of sp³-hybridized carbons (Fsp3) is 0.875. The number of ether oxygens (including phenoxy) is 1. The molecule has 0 aromatic heterocycles. The van der Waals surface area contributed by atoms with E-state index in [0.29, 0.717) is 6.61 Å². The van der Waals surface area contributed by atoms with Crippen molar-refractivity contribution >= 4 is 6.29 Å². The van der Waals surface area contributed by atoms with E-state index in [2.05, 4.69) is 0 Å². The SMILES string of the molecule is CCOC(CC)C(C)C=O. The first-order chi connectivity index (χ1) is 4.76. The third-order valence-electron chi connectivity index (χ3n) is 1.58. The summed E-state index contributed by atoms with van der Waals surface area (Å²) in [6.45, 7) is 6.55. The van der Waals surface area contributed by atoms with E-state index in [9.17, 15) is 4.79 Å². The molecule has 0 saturated carbocycles. The highest BCUT2D eigenvalue weighted by Crippen LogP contribution is 2.07. The molecule has 0 saturated heterocycles. The van der Waals surface area contributed by atoms with Crippen LogP contribution in [0.2, 0.25) is 0 Å². The van der Waals surface area contributed by atoms with Crippen molar-refractivity contribution in [3.63, 3.8) is 0 Å². The minimum absolute atomic E-state index is 0.0324. The lowest BCUT2D eigenvalue weighted by Gasteiger charge is -2.17. The average Bonchev–Trinajstić information content (AvgIpc) is 1.99. The monoisotopic (exact) mass is 144 g/mol. The predicted molar refractivity (Wildman–Crippen MR) is 40.9 cm³/mol. The van der Waals surface area contributed by atoms with Gasteiger partial charge in [0, 0.05) is 12.5 Å². The Labute approximate surface area is 62.6 Å². The van der Waals surface area contributed by atoms with Crippen molar-refractivity contribution in [2.24, 2.45) is 5.92 Å². The van der Waals surface area contributed by atoms with E-state index in [0.717, 1.165) is 12.7 Å². The van der Waals surface area contributed by atoms with E-state index >= 15 is 0 Å². The zero-order chi connectivity index (χ0) is 7.98. The van der Waals surface area contributed by atoms with Crippen LogP contribution < -0.4 is 0 Å². The second-order valence-electron chi connectivity index (χ2n) is 2.40. The average molecular weight is 144 g/mol. The Balaban J connectivity index is 3.67. The van der Waals surface area contributed by atoms with Gasteiger partial charge < -0.3 is 9.53 Å². The number of hydrogen-bond donors (Lipinski definition) is 0. The molecule has 0 rings (SSSR count). The van der Waals surface area contributed by atoms with Gasteiger partial charge in [-0.15, -0.1) is 0 Å². The number of rotatable bonds is 5. The molecule has 2 unspecified atom stereocenters. The molecule has 60 valence electrons. The topological polar surface area (TPSA) is 26.3 Å². The van der Waals surface area contributed by atoms with Crippen LogP contribution in [0.1, 0.15) is 27.2 Å². The van der Waals surface area contributed by atoms with E-state index in [4.69, 9.17) is 4.74 Å². The summed E-state index contributed by atoms with van der Waals surface area (Å²) in [4.78, 5) is 10.3. The van der Waals surface area contributed by atoms with Crippen molar-refractivity contribution in [2.45, 2.75) is 33.3 Å². The van der Waals surface area contributed by atoms with Crippen molar-refractivity contribution in [3.05, 3.63) is 0 Å². The molecule has 2 heteroatoms. The standard InChI is InChI=1S/C8H16O2/c1-4-8(10-5-2)7(3)6-9/h6-8H,4-5H2,1-3H3. The van der Waals surface area contributed by atoms with Gasteiger partial charge >= 0.3 is 0 Å². The largest absolute Gasteiger partial charge is 0.378 e. The van der Waals surface area contributed by atoms with Crippen molar-refractivity contribution in [2.75, 3.05) is 6.61 Å². The van der Waals surface area contributed by atoms with Gasteiger partial charge in [0.2, 0.25) is 0 Å². The first-order valence-corrected chi connectivity index (χ1v) is 3.83. The third kappa shape index (κ3) is 2.97. The number of hydrogen-bond acceptors (Lipinski definition) is 2. The van der Waals surface area contributed by atoms with Gasteiger partial charge in [0.1, 0.15) is 6.29 Å². The second-order valence-corrected chi connectivity index (χ2v) is 2.40. The molecule has 0 heterocycles. The molecule has 0 aromatic carbocycles. The molecule has 0 N–H and O–H groups in total. The second kappa shape index (κ2) is 5.42. The molecule has 0 aromatic rings. The van der Waals surface area contributed by atoms with Crippen LogP contribution in [0.3, 0.4) is 0 Å². The Morgan fingerprint density at radius 1 is 1.50 bits per heavy atom. The molecule has 0 spiro atoms. The lowest BCUT2D eigenvalue weighted by molar-refractivity contribution is -0.115. The summed E-state index contributed by atoms with van der Waals surface area (Å²) in [6.07, 6.45) is 1.97. The fourth-order valence-electron chi connectivity index (χ4n) is 0.943. The van der Waals surface area contributed by atoms with Crippen LogP contribution in [-0.4, -0.2) is 19.0 Å². The first kappa shape index (κ1) is 9.63. The molecule has 0 aliphatic heterocycles. The summed E-state index contributed by atoms with van der Waals surface area (Å²) in [5.74, 6) is 0.0324. The Morgan fingerprint density at radius 2 is 2.10 bits per heavy atom. The van der Waals surface area contributed by atoms with Gasteiger partial charge in [0.25, 0.3) is 0 Å². The van der Waals surface area contributed by atoms with Crippen LogP contribution in [0.25, 0.3) is 0 Å². The van der Waals surface area contributed by atoms with Crippen LogP contribution in [0.15, 0.2) is 0 Å². The van der Waals surface area contributed by atoms with Gasteiger partial charge in [-0.1, -0.05) is 13.8 Å². The van der Waals surface area contributed by atoms with Crippen LogP contribution in [0.4, 0.5) is 0 Å². The quantitative estimate of drug-likeness (QED) is 0.548. The van der Waals surface area contributed by atoms with E-state index in [-0.39, 0.29) is 12.0 Å². The number of aldehydes is 1. The molecule has 2 nitrogen and oxygen atoms in total. The Hall–Kier alpha value is -0.370. The first-order valence-electron chi connectivity index (χ1n) is 3.83. The van der Waals surface area contributed by atoms with Crippen molar-refractivity contribution in [1.82, 2.24) is 0 Å². The minimum atomic E-state index is 0.0324. The summed E-state index contributed by atoms with van der Waals surface area (Å²) in [5.41, 5.74) is 0. The molecule has 0 radical (unpaired) electrons. The van der Waals surface area contributed by atoms with E-state index in [1.165, 1.54) is 0 Å². The maximum atomic E-state index is 10.3. The Bertz CT molecular complexity index is 91.3. The molecule has 10 heavy (non-hydrogen) atoms. The highest BCUT2D eigenvalue weighted by molar-refractivity contribution is 5.53. The number of carbonyl (C=O) groups is 1. The van der Waals surface area contributed by atoms with Crippen LogP contribution >= 0.6 is 0 Å². The van der Waals surface area contributed by atoms with E-state index < -0.39 is 0 Å². The van der Waals surface area contributed by atoms with Crippen molar-refractivity contribution in [1.29, 1.82) is 0 Å². The predicted octanol–water partition coefficient (Wildman–Crippen LogP) is 1.64. The lowest BCUT2D eigenvalue weighted by Crippen LogP contribution is -2.21. The van der Waals surface area contributed by atoms with E-state index in [1.807, 2.05) is 20.8 Å². The highest BCUT2D eigenvalue weighted by atomic mass is 16.5. The molecular weight excluding hydrogens is 128 g/mol. The van der Waals surface area contributed by atoms with Crippen molar-refractivity contribution < 1.29 is 9.53 Å². The molecule has 0 aliphatic carbocycles. The Morgan fingerprint density at radius 3 is 2.40 bits per heavy atom. The molecule has 0 aliphatic rings. The number of carbonyl (C=O) groups excluding carboxylic acids is 1. The van der Waals surface area contributed by atoms with Crippen LogP contribution in [-0.2, 0) is 9.53 Å². The smallest absolute Gasteiger partial charge is 0.125 e. The molecule has 2 atom stereocenters. The zero-order valence-electron chi connectivity index (χ0n) is 6.96. The minimum Gasteiger partial charge on any atom is -0.378 e. The fourth-order valence-corrected chi connectivity index (χ4v) is 0.943. The maximum absolute atomic E-state index is 10.3. The van der Waals surface area contributed by atoms with Gasteiger partial charge in [0.05, 0.1) is 6.10 Å². The van der Waals surface area contributed by atoms with Gasteiger partial charge in [-0.05, 0) is 13.3 Å². The van der Waals surface area contributed by atoms with Gasteiger partial charge in [-0.3, -0.25) is 0 Å². The molecule has 0 bridgehead atoms. The van der Waals surface area contributed by atoms with Gasteiger partial charge in [-0.25, -0.2) is 0 Å². The van der Waals surface area contributed by atoms with Gasteiger partial charge in [0.15, 0.2) is 0 Å². The summed E-state index contributed by atoms with van der Waals surface area (Å²) >= 11 is 0. The van der Waals surface area contributed by atoms with E-state index in [1.54, 1.807) is 0 Å². The molecule has 0 fully saturated rings. The van der Waals surface area contributed by atoms with Crippen molar-refractivity contribution in [3.8, 4) is 0 Å². The maximum Gasteiger partial charge on any atom is 0.125 e. The summed E-state index contributed by atoms with van der Waals surface area (Å²) < 4.78 is 5.31. The normalized spacial score (nSPS) is 16.3. The Kier molecular flexibility index (Phi) is 5.22. The summed E-state index contributed by atoms with van der Waals surface area (Å²) in [6, 6.07) is 0. The van der Waals surface area contributed by atoms with Crippen LogP contribution in [0.5, 0.6) is 0 Å². The summed E-state index contributed by atoms with van der Waals surface area (Å²) in [5, 5.41) is 0. The summed E-state index contributed by atoms with van der Waals surface area (Å²) in [7, 11) is 0. The molecule has 0 amide bonds. The molecular formula is C8H16O2. The lowest BCUT2D eigenvalue weighted by atomic mass is 10.0.